The number of aromatic nitrogens is 2. The van der Waals surface area contributed by atoms with Gasteiger partial charge in [-0.05, 0) is 48.6 Å². The molecule has 8 nitrogen and oxygen atoms in total. The van der Waals surface area contributed by atoms with E-state index in [-0.39, 0.29) is 23.5 Å². The van der Waals surface area contributed by atoms with Gasteiger partial charge in [0.25, 0.3) is 11.8 Å². The topological polar surface area (TPSA) is 96.7 Å². The Kier molecular flexibility index (Phi) is 9.05. The Hall–Kier alpha value is -3.93. The fourth-order valence-electron chi connectivity index (χ4n) is 5.36. The van der Waals surface area contributed by atoms with Gasteiger partial charge in [-0.15, -0.1) is 11.8 Å². The number of amides is 2. The lowest BCUT2D eigenvalue weighted by Gasteiger charge is -2.32. The van der Waals surface area contributed by atoms with Crippen molar-refractivity contribution in [2.75, 3.05) is 24.2 Å². The van der Waals surface area contributed by atoms with Gasteiger partial charge in [0.15, 0.2) is 5.78 Å². The molecule has 43 heavy (non-hydrogen) atoms. The largest absolute Gasteiger partial charge is 0.416 e. The monoisotopic (exact) mass is 611 g/mol. The minimum atomic E-state index is -4.43. The van der Waals surface area contributed by atoms with Crippen LogP contribution in [0, 0.1) is 5.92 Å². The van der Waals surface area contributed by atoms with Gasteiger partial charge in [0.2, 0.25) is 0 Å². The summed E-state index contributed by atoms with van der Waals surface area (Å²) in [6.07, 6.45) is -0.510. The highest BCUT2D eigenvalue weighted by molar-refractivity contribution is 8.14. The standard InChI is InChI=1S/C31H32F3N5O3S/c1-3-6-26(40)24-17-35-38(2)27(24)37-28(41)25-18-43-29(36-25)20-13-15-39(16-14-20)30(42)23-8-5-4-7-22(23)19-9-11-21(12-10-19)31(32,33)34/h4-5,7-12,17,20,25H,3,6,13-16,18H2,1-2H3,(H,37,41). The number of likely N-dealkylation sites (tertiary alicyclic amines) is 1. The first kappa shape index (κ1) is 30.5. The number of hydrogen-bond acceptors (Lipinski definition) is 6. The Bertz CT molecular complexity index is 1540. The van der Waals surface area contributed by atoms with Crippen molar-refractivity contribution in [1.29, 1.82) is 0 Å². The molecule has 0 radical (unpaired) electrons. The van der Waals surface area contributed by atoms with Crippen molar-refractivity contribution in [3.8, 4) is 11.1 Å². The number of alkyl halides is 3. The van der Waals surface area contributed by atoms with Gasteiger partial charge in [-0.3, -0.25) is 24.1 Å². The molecule has 5 rings (SSSR count). The maximum absolute atomic E-state index is 13.5. The van der Waals surface area contributed by atoms with Crippen LogP contribution in [0.25, 0.3) is 11.1 Å². The highest BCUT2D eigenvalue weighted by Gasteiger charge is 2.34. The Balaban J connectivity index is 1.21. The van der Waals surface area contributed by atoms with Gasteiger partial charge < -0.3 is 10.2 Å². The van der Waals surface area contributed by atoms with Gasteiger partial charge >= 0.3 is 6.18 Å². The lowest BCUT2D eigenvalue weighted by atomic mass is 9.94. The molecule has 0 aliphatic carbocycles. The zero-order chi connectivity index (χ0) is 30.7. The molecule has 0 bridgehead atoms. The van der Waals surface area contributed by atoms with Crippen molar-refractivity contribution in [1.82, 2.24) is 14.7 Å². The van der Waals surface area contributed by atoms with E-state index in [1.54, 1.807) is 48.0 Å². The summed E-state index contributed by atoms with van der Waals surface area (Å²) in [7, 11) is 1.67. The van der Waals surface area contributed by atoms with E-state index < -0.39 is 17.8 Å². The SMILES string of the molecule is CCCC(=O)c1cnn(C)c1NC(=O)C1CSC(C2CCN(C(=O)c3ccccc3-c3ccc(C(F)(F)F)cc3)CC2)=N1. The van der Waals surface area contributed by atoms with Crippen LogP contribution < -0.4 is 5.32 Å². The zero-order valence-electron chi connectivity index (χ0n) is 23.9. The molecule has 1 fully saturated rings. The molecule has 2 aromatic carbocycles. The second-order valence-electron chi connectivity index (χ2n) is 10.7. The van der Waals surface area contributed by atoms with Crippen molar-refractivity contribution < 1.29 is 27.6 Å². The number of aryl methyl sites for hydroxylation is 1. The van der Waals surface area contributed by atoms with Gasteiger partial charge in [-0.1, -0.05) is 37.3 Å². The summed E-state index contributed by atoms with van der Waals surface area (Å²) in [6, 6.07) is 11.2. The molecule has 0 spiro atoms. The number of hydrogen-bond donors (Lipinski definition) is 1. The average Bonchev–Trinajstić information content (AvgIpc) is 3.64. The van der Waals surface area contributed by atoms with E-state index in [1.165, 1.54) is 23.0 Å². The number of carbonyl (C=O) groups excluding carboxylic acids is 3. The molecule has 1 atom stereocenters. The number of aliphatic imine (C=N–C) groups is 1. The summed E-state index contributed by atoms with van der Waals surface area (Å²) in [6.45, 7) is 2.92. The number of piperidine rings is 1. The number of carbonyl (C=O) groups is 3. The molecule has 2 aliphatic rings. The predicted molar refractivity (Wildman–Crippen MR) is 160 cm³/mol. The fourth-order valence-corrected chi connectivity index (χ4v) is 6.59. The number of nitrogens with one attached hydrogen (secondary N) is 1. The normalized spacial score (nSPS) is 17.6. The molecule has 12 heteroatoms. The van der Waals surface area contributed by atoms with Crippen LogP contribution in [0.2, 0.25) is 0 Å². The van der Waals surface area contributed by atoms with Crippen LogP contribution in [0.1, 0.15) is 58.9 Å². The molecule has 1 unspecified atom stereocenters. The number of benzene rings is 2. The number of thioether (sulfide) groups is 1. The molecule has 226 valence electrons. The van der Waals surface area contributed by atoms with E-state index in [0.29, 0.717) is 72.6 Å². The van der Waals surface area contributed by atoms with Crippen LogP contribution in [0.4, 0.5) is 19.0 Å². The first-order chi connectivity index (χ1) is 20.6. The quantitative estimate of drug-likeness (QED) is 0.311. The summed E-state index contributed by atoms with van der Waals surface area (Å²) < 4.78 is 40.6. The van der Waals surface area contributed by atoms with Gasteiger partial charge in [0.1, 0.15) is 11.9 Å². The second-order valence-corrected chi connectivity index (χ2v) is 11.7. The van der Waals surface area contributed by atoms with Crippen molar-refractivity contribution in [2.24, 2.45) is 18.0 Å². The molecule has 3 heterocycles. The first-order valence-electron chi connectivity index (χ1n) is 14.2. The van der Waals surface area contributed by atoms with Crippen LogP contribution in [-0.2, 0) is 18.0 Å². The molecule has 1 saturated heterocycles. The summed E-state index contributed by atoms with van der Waals surface area (Å²) in [5.74, 6) is 0.465. The lowest BCUT2D eigenvalue weighted by molar-refractivity contribution is -0.137. The molecule has 1 N–H and O–H groups in total. The number of Topliss-reactive ketones (excluding diaryl/α,β-unsaturated/α-hetero) is 1. The lowest BCUT2D eigenvalue weighted by Crippen LogP contribution is -2.40. The highest BCUT2D eigenvalue weighted by Crippen LogP contribution is 2.34. The zero-order valence-corrected chi connectivity index (χ0v) is 24.7. The molecule has 2 aliphatic heterocycles. The number of halogens is 3. The van der Waals surface area contributed by atoms with Crippen LogP contribution in [0.3, 0.4) is 0 Å². The molecule has 2 amide bonds. The first-order valence-corrected chi connectivity index (χ1v) is 15.2. The molecular weight excluding hydrogens is 579 g/mol. The van der Waals surface area contributed by atoms with E-state index >= 15 is 0 Å². The van der Waals surface area contributed by atoms with Crippen LogP contribution in [0.15, 0.2) is 59.7 Å². The van der Waals surface area contributed by atoms with Gasteiger partial charge in [0.05, 0.1) is 22.4 Å². The van der Waals surface area contributed by atoms with E-state index in [1.807, 2.05) is 6.92 Å². The maximum Gasteiger partial charge on any atom is 0.416 e. The van der Waals surface area contributed by atoms with E-state index in [4.69, 9.17) is 4.99 Å². The van der Waals surface area contributed by atoms with Gasteiger partial charge in [-0.25, -0.2) is 0 Å². The van der Waals surface area contributed by atoms with Crippen LogP contribution >= 0.6 is 11.8 Å². The minimum Gasteiger partial charge on any atom is -0.339 e. The van der Waals surface area contributed by atoms with Gasteiger partial charge in [-0.2, -0.15) is 18.3 Å². The highest BCUT2D eigenvalue weighted by atomic mass is 32.2. The number of ketones is 1. The Labute approximate surface area is 251 Å². The fraction of sp³-hybridized carbons (Fsp3) is 0.387. The number of anilines is 1. The predicted octanol–water partition coefficient (Wildman–Crippen LogP) is 6.09. The van der Waals surface area contributed by atoms with E-state index in [9.17, 15) is 27.6 Å². The van der Waals surface area contributed by atoms with Crippen molar-refractivity contribution in [2.45, 2.75) is 44.8 Å². The van der Waals surface area contributed by atoms with Gasteiger partial charge in [0, 0.05) is 43.8 Å². The molecule has 1 aromatic heterocycles. The third-order valence-corrected chi connectivity index (χ3v) is 8.96. The van der Waals surface area contributed by atoms with E-state index in [2.05, 4.69) is 10.4 Å². The molecule has 0 saturated carbocycles. The molecular formula is C31H32F3N5O3S. The summed E-state index contributed by atoms with van der Waals surface area (Å²) in [4.78, 5) is 45.5. The van der Waals surface area contributed by atoms with Crippen molar-refractivity contribution >= 4 is 40.2 Å². The molecule has 3 aromatic rings. The Morgan fingerprint density at radius 3 is 2.40 bits per heavy atom. The second kappa shape index (κ2) is 12.7. The minimum absolute atomic E-state index is 0.0702. The average molecular weight is 612 g/mol. The van der Waals surface area contributed by atoms with E-state index in [0.717, 1.165) is 17.2 Å². The van der Waals surface area contributed by atoms with Crippen LogP contribution in [-0.4, -0.2) is 62.2 Å². The van der Waals surface area contributed by atoms with Crippen molar-refractivity contribution in [3.63, 3.8) is 0 Å². The Morgan fingerprint density at radius 2 is 1.72 bits per heavy atom. The third kappa shape index (κ3) is 6.69. The third-order valence-electron chi connectivity index (χ3n) is 7.74. The van der Waals surface area contributed by atoms with Crippen LogP contribution in [0.5, 0.6) is 0 Å². The van der Waals surface area contributed by atoms with Crippen molar-refractivity contribution in [3.05, 3.63) is 71.4 Å². The smallest absolute Gasteiger partial charge is 0.339 e. The Morgan fingerprint density at radius 1 is 1.02 bits per heavy atom. The summed E-state index contributed by atoms with van der Waals surface area (Å²) in [5, 5.41) is 7.87. The number of rotatable bonds is 8. The maximum atomic E-state index is 13.5. The summed E-state index contributed by atoms with van der Waals surface area (Å²) in [5.41, 5.74) is 1.22. The summed E-state index contributed by atoms with van der Waals surface area (Å²) >= 11 is 1.55. The number of nitrogens with zero attached hydrogens (tertiary/aromatic N) is 4.